The third kappa shape index (κ3) is 1.68. The number of aliphatic hydroxyl groups excluding tert-OH is 1. The summed E-state index contributed by atoms with van der Waals surface area (Å²) in [4.78, 5) is 12.3. The Bertz CT molecular complexity index is 137. The summed E-state index contributed by atoms with van der Waals surface area (Å²) in [5, 5.41) is 8.91. The van der Waals surface area contributed by atoms with Crippen molar-refractivity contribution in [1.29, 1.82) is 0 Å². The highest BCUT2D eigenvalue weighted by Crippen LogP contribution is 2.01. The third-order valence-corrected chi connectivity index (χ3v) is 1.49. The maximum atomic E-state index is 10.7. The van der Waals surface area contributed by atoms with E-state index < -0.39 is 6.29 Å². The van der Waals surface area contributed by atoms with Crippen LogP contribution >= 0.6 is 0 Å². The van der Waals surface area contributed by atoms with Crippen LogP contribution in [0.5, 0.6) is 0 Å². The van der Waals surface area contributed by atoms with Crippen LogP contribution in [0.3, 0.4) is 0 Å². The zero-order chi connectivity index (χ0) is 7.56. The molecule has 58 valence electrons. The minimum Gasteiger partial charge on any atom is -0.366 e. The molecule has 1 aliphatic heterocycles. The van der Waals surface area contributed by atoms with Gasteiger partial charge in [-0.15, -0.1) is 0 Å². The molecule has 0 radical (unpaired) electrons. The fourth-order valence-corrected chi connectivity index (χ4v) is 0.917. The van der Waals surface area contributed by atoms with E-state index in [1.54, 1.807) is 4.90 Å². The molecule has 0 spiro atoms. The molecule has 0 bridgehead atoms. The SMILES string of the molecule is CC(=O)N1CCOC(O)C1. The Morgan fingerprint density at radius 3 is 2.90 bits per heavy atom. The van der Waals surface area contributed by atoms with E-state index >= 15 is 0 Å². The first kappa shape index (κ1) is 7.50. The van der Waals surface area contributed by atoms with Gasteiger partial charge in [-0.25, -0.2) is 0 Å². The molecule has 0 saturated carbocycles. The molecule has 10 heavy (non-hydrogen) atoms. The zero-order valence-electron chi connectivity index (χ0n) is 5.91. The summed E-state index contributed by atoms with van der Waals surface area (Å²) >= 11 is 0. The van der Waals surface area contributed by atoms with Crippen molar-refractivity contribution >= 4 is 5.91 Å². The van der Waals surface area contributed by atoms with Crippen molar-refractivity contribution in [2.75, 3.05) is 19.7 Å². The fourth-order valence-electron chi connectivity index (χ4n) is 0.917. The van der Waals surface area contributed by atoms with Crippen molar-refractivity contribution in [2.45, 2.75) is 13.2 Å². The Morgan fingerprint density at radius 2 is 2.50 bits per heavy atom. The Hall–Kier alpha value is -0.610. The van der Waals surface area contributed by atoms with Crippen molar-refractivity contribution in [1.82, 2.24) is 4.90 Å². The van der Waals surface area contributed by atoms with Crippen LogP contribution in [0.15, 0.2) is 0 Å². The molecule has 1 rings (SSSR count). The van der Waals surface area contributed by atoms with Crippen LogP contribution in [-0.2, 0) is 9.53 Å². The monoisotopic (exact) mass is 145 g/mol. The number of β-amino-alcohol motifs (C(OH)–C–C–N with tert-alkyl or cyclic N) is 1. The summed E-state index contributed by atoms with van der Waals surface area (Å²) in [6.07, 6.45) is -0.794. The lowest BCUT2D eigenvalue weighted by Gasteiger charge is -2.29. The number of morpholine rings is 1. The number of hydrogen-bond donors (Lipinski definition) is 1. The lowest BCUT2D eigenvalue weighted by Crippen LogP contribution is -2.44. The van der Waals surface area contributed by atoms with Gasteiger partial charge in [-0.3, -0.25) is 4.79 Å². The number of aliphatic hydroxyl groups is 1. The van der Waals surface area contributed by atoms with Gasteiger partial charge < -0.3 is 14.7 Å². The second kappa shape index (κ2) is 2.98. The zero-order valence-corrected chi connectivity index (χ0v) is 5.91. The van der Waals surface area contributed by atoms with Crippen LogP contribution in [0.2, 0.25) is 0 Å². The molecular formula is C6H11NO3. The van der Waals surface area contributed by atoms with Crippen LogP contribution in [0.25, 0.3) is 0 Å². The summed E-state index contributed by atoms with van der Waals surface area (Å²) in [6, 6.07) is 0. The predicted octanol–water partition coefficient (Wildman–Crippen LogP) is -0.817. The van der Waals surface area contributed by atoms with Gasteiger partial charge in [0.05, 0.1) is 13.2 Å². The van der Waals surface area contributed by atoms with E-state index in [1.165, 1.54) is 6.92 Å². The molecule has 4 nitrogen and oxygen atoms in total. The first-order valence-corrected chi connectivity index (χ1v) is 3.25. The van der Waals surface area contributed by atoms with E-state index in [0.29, 0.717) is 19.7 Å². The minimum atomic E-state index is -0.794. The quantitative estimate of drug-likeness (QED) is 0.484. The third-order valence-electron chi connectivity index (χ3n) is 1.49. The number of carbonyl (C=O) groups is 1. The highest BCUT2D eigenvalue weighted by Gasteiger charge is 2.19. The average Bonchev–Trinajstić information content (AvgIpc) is 1.88. The number of nitrogens with zero attached hydrogens (tertiary/aromatic N) is 1. The summed E-state index contributed by atoms with van der Waals surface area (Å²) < 4.78 is 4.82. The van der Waals surface area contributed by atoms with Gasteiger partial charge in [-0.2, -0.15) is 0 Å². The first-order valence-electron chi connectivity index (χ1n) is 3.25. The molecule has 1 atom stereocenters. The average molecular weight is 145 g/mol. The van der Waals surface area contributed by atoms with Crippen LogP contribution in [0.1, 0.15) is 6.92 Å². The Balaban J connectivity index is 2.39. The summed E-state index contributed by atoms with van der Waals surface area (Å²) in [7, 11) is 0. The number of amides is 1. The van der Waals surface area contributed by atoms with E-state index in [4.69, 9.17) is 9.84 Å². The molecule has 1 aliphatic rings. The molecule has 1 heterocycles. The van der Waals surface area contributed by atoms with Gasteiger partial charge in [-0.05, 0) is 0 Å². The molecule has 0 aromatic rings. The van der Waals surface area contributed by atoms with Crippen LogP contribution < -0.4 is 0 Å². The van der Waals surface area contributed by atoms with Gasteiger partial charge in [0.15, 0.2) is 6.29 Å². The summed E-state index contributed by atoms with van der Waals surface area (Å²) in [6.45, 7) is 2.81. The topological polar surface area (TPSA) is 49.8 Å². The lowest BCUT2D eigenvalue weighted by atomic mass is 10.4. The number of hydrogen-bond acceptors (Lipinski definition) is 3. The predicted molar refractivity (Wildman–Crippen MR) is 34.2 cm³/mol. The van der Waals surface area contributed by atoms with Crippen molar-refractivity contribution in [2.24, 2.45) is 0 Å². The molecule has 1 unspecified atom stereocenters. The van der Waals surface area contributed by atoms with Crippen LogP contribution in [0.4, 0.5) is 0 Å². The number of ether oxygens (including phenoxy) is 1. The molecule has 1 fully saturated rings. The normalized spacial score (nSPS) is 26.6. The van der Waals surface area contributed by atoms with E-state index in [2.05, 4.69) is 0 Å². The second-order valence-electron chi connectivity index (χ2n) is 2.29. The largest absolute Gasteiger partial charge is 0.366 e. The van der Waals surface area contributed by atoms with E-state index in [9.17, 15) is 4.79 Å². The molecule has 4 heteroatoms. The molecule has 0 aromatic heterocycles. The maximum Gasteiger partial charge on any atom is 0.219 e. The highest BCUT2D eigenvalue weighted by molar-refractivity contribution is 5.73. The first-order chi connectivity index (χ1) is 4.70. The number of rotatable bonds is 0. The molecular weight excluding hydrogens is 134 g/mol. The standard InChI is InChI=1S/C6H11NO3/c1-5(8)7-2-3-10-6(9)4-7/h6,9H,2-4H2,1H3. The van der Waals surface area contributed by atoms with Gasteiger partial charge in [0.1, 0.15) is 0 Å². The van der Waals surface area contributed by atoms with Crippen molar-refractivity contribution in [3.8, 4) is 0 Å². The minimum absolute atomic E-state index is 0.0117. The second-order valence-corrected chi connectivity index (χ2v) is 2.29. The highest BCUT2D eigenvalue weighted by atomic mass is 16.6. The smallest absolute Gasteiger partial charge is 0.219 e. The molecule has 0 aromatic carbocycles. The van der Waals surface area contributed by atoms with Crippen molar-refractivity contribution in [3.05, 3.63) is 0 Å². The van der Waals surface area contributed by atoms with Crippen LogP contribution in [0, 0.1) is 0 Å². The molecule has 1 N–H and O–H groups in total. The van der Waals surface area contributed by atoms with Gasteiger partial charge in [-0.1, -0.05) is 0 Å². The van der Waals surface area contributed by atoms with E-state index in [0.717, 1.165) is 0 Å². The van der Waals surface area contributed by atoms with Gasteiger partial charge in [0, 0.05) is 13.5 Å². The van der Waals surface area contributed by atoms with Gasteiger partial charge in [0.25, 0.3) is 0 Å². The molecule has 1 amide bonds. The number of carbonyl (C=O) groups excluding carboxylic acids is 1. The molecule has 0 aliphatic carbocycles. The fraction of sp³-hybridized carbons (Fsp3) is 0.833. The summed E-state index contributed by atoms with van der Waals surface area (Å²) in [5.74, 6) is -0.0117. The van der Waals surface area contributed by atoms with Crippen molar-refractivity contribution in [3.63, 3.8) is 0 Å². The lowest BCUT2D eigenvalue weighted by molar-refractivity contribution is -0.162. The Labute approximate surface area is 59.4 Å². The molecule has 1 saturated heterocycles. The van der Waals surface area contributed by atoms with Crippen LogP contribution in [-0.4, -0.2) is 41.9 Å². The van der Waals surface area contributed by atoms with E-state index in [1.807, 2.05) is 0 Å². The Morgan fingerprint density at radius 1 is 1.80 bits per heavy atom. The van der Waals surface area contributed by atoms with Gasteiger partial charge >= 0.3 is 0 Å². The van der Waals surface area contributed by atoms with Crippen molar-refractivity contribution < 1.29 is 14.6 Å². The Kier molecular flexibility index (Phi) is 2.24. The van der Waals surface area contributed by atoms with E-state index in [-0.39, 0.29) is 5.91 Å². The maximum absolute atomic E-state index is 10.7. The summed E-state index contributed by atoms with van der Waals surface area (Å²) in [5.41, 5.74) is 0. The van der Waals surface area contributed by atoms with Gasteiger partial charge in [0.2, 0.25) is 5.91 Å².